The van der Waals surface area contributed by atoms with Gasteiger partial charge in [-0.1, -0.05) is 48.2 Å². The summed E-state index contributed by atoms with van der Waals surface area (Å²) >= 11 is 3.34. The van der Waals surface area contributed by atoms with Crippen molar-refractivity contribution in [3.8, 4) is 0 Å². The molecule has 1 nitrogen and oxygen atoms in total. The maximum Gasteiger partial charge on any atom is 0.129 e. The Balaban J connectivity index is 2.68. The van der Waals surface area contributed by atoms with E-state index in [1.165, 1.54) is 6.07 Å². The molecule has 0 aliphatic carbocycles. The molecule has 1 aromatic carbocycles. The van der Waals surface area contributed by atoms with Crippen LogP contribution >= 0.6 is 15.9 Å². The average molecular weight is 274 g/mol. The van der Waals surface area contributed by atoms with Gasteiger partial charge in [0.2, 0.25) is 0 Å². The van der Waals surface area contributed by atoms with Crippen molar-refractivity contribution in [3.05, 3.63) is 34.1 Å². The van der Waals surface area contributed by atoms with Gasteiger partial charge in [0.15, 0.2) is 0 Å². The number of rotatable bonds is 5. The van der Waals surface area contributed by atoms with Gasteiger partial charge in [-0.3, -0.25) is 0 Å². The maximum atomic E-state index is 13.5. The Morgan fingerprint density at radius 2 is 2.13 bits per heavy atom. The van der Waals surface area contributed by atoms with Crippen LogP contribution in [0.25, 0.3) is 0 Å². The summed E-state index contributed by atoms with van der Waals surface area (Å²) in [5.41, 5.74) is 6.57. The van der Waals surface area contributed by atoms with E-state index in [1.54, 1.807) is 6.07 Å². The van der Waals surface area contributed by atoms with Gasteiger partial charge >= 0.3 is 0 Å². The monoisotopic (exact) mass is 273 g/mol. The summed E-state index contributed by atoms with van der Waals surface area (Å²) in [6.45, 7) is 2.14. The first kappa shape index (κ1) is 12.7. The van der Waals surface area contributed by atoms with E-state index >= 15 is 0 Å². The molecule has 0 saturated heterocycles. The molecular weight excluding hydrogens is 257 g/mol. The van der Waals surface area contributed by atoms with E-state index in [2.05, 4.69) is 22.9 Å². The van der Waals surface area contributed by atoms with Crippen molar-refractivity contribution < 1.29 is 4.39 Å². The van der Waals surface area contributed by atoms with Gasteiger partial charge in [0.1, 0.15) is 5.82 Å². The quantitative estimate of drug-likeness (QED) is 0.801. The number of hydrogen-bond acceptors (Lipinski definition) is 1. The van der Waals surface area contributed by atoms with Crippen LogP contribution in [0, 0.1) is 5.82 Å². The van der Waals surface area contributed by atoms with E-state index in [0.29, 0.717) is 5.56 Å². The van der Waals surface area contributed by atoms with Crippen LogP contribution in [0.5, 0.6) is 0 Å². The van der Waals surface area contributed by atoms with Gasteiger partial charge in [-0.15, -0.1) is 0 Å². The summed E-state index contributed by atoms with van der Waals surface area (Å²) in [6, 6.07) is 4.77. The Labute approximate surface area is 99.0 Å². The molecule has 0 amide bonds. The van der Waals surface area contributed by atoms with Crippen LogP contribution in [0.4, 0.5) is 4.39 Å². The summed E-state index contributed by atoms with van der Waals surface area (Å²) in [6.07, 6.45) is 4.21. The summed E-state index contributed by atoms with van der Waals surface area (Å²) in [4.78, 5) is 0. The molecule has 2 N–H and O–H groups in total. The molecule has 15 heavy (non-hydrogen) atoms. The Kier molecular flexibility index (Phi) is 5.26. The smallest absolute Gasteiger partial charge is 0.129 e. The van der Waals surface area contributed by atoms with Gasteiger partial charge in [-0.25, -0.2) is 4.39 Å². The van der Waals surface area contributed by atoms with Gasteiger partial charge in [0.25, 0.3) is 0 Å². The van der Waals surface area contributed by atoms with Crippen LogP contribution < -0.4 is 5.73 Å². The lowest BCUT2D eigenvalue weighted by atomic mass is 10.0. The minimum Gasteiger partial charge on any atom is -0.324 e. The van der Waals surface area contributed by atoms with Crippen molar-refractivity contribution in [3.63, 3.8) is 0 Å². The third kappa shape index (κ3) is 3.58. The molecular formula is C12H17BrFN. The highest BCUT2D eigenvalue weighted by atomic mass is 79.9. The van der Waals surface area contributed by atoms with E-state index in [1.807, 2.05) is 6.07 Å². The zero-order valence-corrected chi connectivity index (χ0v) is 10.6. The largest absolute Gasteiger partial charge is 0.324 e. The first-order chi connectivity index (χ1) is 7.16. The van der Waals surface area contributed by atoms with Gasteiger partial charge < -0.3 is 5.73 Å². The van der Waals surface area contributed by atoms with Crippen LogP contribution in [0.15, 0.2) is 22.7 Å². The van der Waals surface area contributed by atoms with Gasteiger partial charge in [-0.2, -0.15) is 0 Å². The Bertz CT molecular complexity index is 294. The molecule has 0 unspecified atom stereocenters. The predicted octanol–water partition coefficient (Wildman–Crippen LogP) is 4.17. The third-order valence-corrected chi connectivity index (χ3v) is 3.18. The van der Waals surface area contributed by atoms with E-state index in [9.17, 15) is 4.39 Å². The molecule has 3 heteroatoms. The van der Waals surface area contributed by atoms with E-state index in [0.717, 1.165) is 30.2 Å². The summed E-state index contributed by atoms with van der Waals surface area (Å²) in [7, 11) is 0. The molecule has 1 rings (SSSR count). The van der Waals surface area contributed by atoms with Crippen molar-refractivity contribution >= 4 is 15.9 Å². The zero-order chi connectivity index (χ0) is 11.3. The first-order valence-electron chi connectivity index (χ1n) is 5.36. The molecule has 0 aromatic heterocycles. The average Bonchev–Trinajstić information content (AvgIpc) is 2.18. The van der Waals surface area contributed by atoms with E-state index in [4.69, 9.17) is 5.73 Å². The molecule has 0 aliphatic rings. The first-order valence-corrected chi connectivity index (χ1v) is 6.15. The number of hydrogen-bond donors (Lipinski definition) is 1. The molecule has 0 radical (unpaired) electrons. The van der Waals surface area contributed by atoms with Crippen molar-refractivity contribution in [2.45, 2.75) is 38.6 Å². The van der Waals surface area contributed by atoms with Gasteiger partial charge in [-0.05, 0) is 18.6 Å². The molecule has 0 aliphatic heterocycles. The van der Waals surface area contributed by atoms with Gasteiger partial charge in [0, 0.05) is 16.1 Å². The number of halogens is 2. The topological polar surface area (TPSA) is 26.0 Å². The second-order valence-electron chi connectivity index (χ2n) is 3.74. The molecule has 0 heterocycles. The fraction of sp³-hybridized carbons (Fsp3) is 0.500. The SMILES string of the molecule is CCCCC[C@H](N)c1c(F)cccc1Br. The lowest BCUT2D eigenvalue weighted by Gasteiger charge is -2.14. The minimum atomic E-state index is -0.214. The molecule has 1 atom stereocenters. The summed E-state index contributed by atoms with van der Waals surface area (Å²) < 4.78 is 14.3. The lowest BCUT2D eigenvalue weighted by Crippen LogP contribution is -2.12. The molecule has 0 bridgehead atoms. The van der Waals surface area contributed by atoms with E-state index < -0.39 is 0 Å². The third-order valence-electron chi connectivity index (χ3n) is 2.49. The summed E-state index contributed by atoms with van der Waals surface area (Å²) in [5, 5.41) is 0. The molecule has 0 fully saturated rings. The molecule has 1 aromatic rings. The number of nitrogens with two attached hydrogens (primary N) is 1. The zero-order valence-electron chi connectivity index (χ0n) is 8.97. The number of unbranched alkanes of at least 4 members (excludes halogenated alkanes) is 2. The van der Waals surface area contributed by atoms with Crippen molar-refractivity contribution in [1.29, 1.82) is 0 Å². The minimum absolute atomic E-state index is 0.202. The normalized spacial score (nSPS) is 12.8. The standard InChI is InChI=1S/C12H17BrFN/c1-2-3-4-8-11(15)12-9(13)6-5-7-10(12)14/h5-7,11H,2-4,8,15H2,1H3/t11-/m0/s1. The fourth-order valence-corrected chi connectivity index (χ4v) is 2.26. The highest BCUT2D eigenvalue weighted by molar-refractivity contribution is 9.10. The Morgan fingerprint density at radius 3 is 2.73 bits per heavy atom. The van der Waals surface area contributed by atoms with Crippen molar-refractivity contribution in [1.82, 2.24) is 0 Å². The van der Waals surface area contributed by atoms with Crippen LogP contribution in [-0.4, -0.2) is 0 Å². The highest BCUT2D eigenvalue weighted by Gasteiger charge is 2.13. The molecule has 84 valence electrons. The van der Waals surface area contributed by atoms with Crippen molar-refractivity contribution in [2.24, 2.45) is 5.73 Å². The molecule has 0 spiro atoms. The second-order valence-corrected chi connectivity index (χ2v) is 4.59. The van der Waals surface area contributed by atoms with Crippen LogP contribution in [0.2, 0.25) is 0 Å². The van der Waals surface area contributed by atoms with Crippen LogP contribution in [0.1, 0.15) is 44.2 Å². The van der Waals surface area contributed by atoms with E-state index in [-0.39, 0.29) is 11.9 Å². The molecule has 0 saturated carbocycles. The lowest BCUT2D eigenvalue weighted by molar-refractivity contribution is 0.536. The Morgan fingerprint density at radius 1 is 1.40 bits per heavy atom. The van der Waals surface area contributed by atoms with Crippen LogP contribution in [-0.2, 0) is 0 Å². The van der Waals surface area contributed by atoms with Crippen molar-refractivity contribution in [2.75, 3.05) is 0 Å². The second kappa shape index (κ2) is 6.23. The van der Waals surface area contributed by atoms with Gasteiger partial charge in [0.05, 0.1) is 0 Å². The summed E-state index contributed by atoms with van der Waals surface area (Å²) in [5.74, 6) is -0.214. The fourth-order valence-electron chi connectivity index (χ4n) is 1.62. The Hall–Kier alpha value is -0.410. The van der Waals surface area contributed by atoms with Crippen LogP contribution in [0.3, 0.4) is 0 Å². The highest BCUT2D eigenvalue weighted by Crippen LogP contribution is 2.27. The number of benzene rings is 1. The maximum absolute atomic E-state index is 13.5. The predicted molar refractivity (Wildman–Crippen MR) is 65.2 cm³/mol.